The van der Waals surface area contributed by atoms with Gasteiger partial charge in [0.25, 0.3) is 0 Å². The normalized spacial score (nSPS) is 14.6. The number of ether oxygens (including phenoxy) is 1. The molecule has 1 heterocycles. The fraction of sp³-hybridized carbons (Fsp3) is 0.526. The van der Waals surface area contributed by atoms with Gasteiger partial charge in [0.1, 0.15) is 5.75 Å². The molecule has 3 rings (SSSR count). The van der Waals surface area contributed by atoms with Crippen molar-refractivity contribution in [3.8, 4) is 11.6 Å². The van der Waals surface area contributed by atoms with Crippen molar-refractivity contribution in [2.45, 2.75) is 52.1 Å². The first-order valence-electron chi connectivity index (χ1n) is 8.70. The number of halogens is 1. The summed E-state index contributed by atoms with van der Waals surface area (Å²) in [4.78, 5) is 0. The average Bonchev–Trinajstić information content (AvgIpc) is 3.18. The van der Waals surface area contributed by atoms with E-state index < -0.39 is 0 Å². The molecule has 0 unspecified atom stereocenters. The van der Waals surface area contributed by atoms with Crippen molar-refractivity contribution < 1.29 is 4.74 Å². The SMILES string of the molecule is CNCc1cc(Oc2ccc(C)cc2)n(CCC2CCCC2)n1.Cl. The molecule has 1 N–H and O–H groups in total. The summed E-state index contributed by atoms with van der Waals surface area (Å²) in [5, 5.41) is 7.87. The molecular formula is C19H28ClN3O. The maximum atomic E-state index is 6.08. The second-order valence-corrected chi connectivity index (χ2v) is 6.58. The van der Waals surface area contributed by atoms with Gasteiger partial charge in [0.05, 0.1) is 5.69 Å². The second kappa shape index (κ2) is 9.09. The zero-order chi connectivity index (χ0) is 16.1. The Kier molecular flexibility index (Phi) is 7.13. The molecular weight excluding hydrogens is 322 g/mol. The third-order valence-electron chi connectivity index (χ3n) is 4.62. The number of rotatable bonds is 7. The van der Waals surface area contributed by atoms with Crippen LogP contribution >= 0.6 is 12.4 Å². The summed E-state index contributed by atoms with van der Waals surface area (Å²) in [6.45, 7) is 3.79. The van der Waals surface area contributed by atoms with Crippen molar-refractivity contribution >= 4 is 12.4 Å². The Morgan fingerprint density at radius 1 is 1.21 bits per heavy atom. The van der Waals surface area contributed by atoms with E-state index in [-0.39, 0.29) is 12.4 Å². The van der Waals surface area contributed by atoms with Gasteiger partial charge in [-0.2, -0.15) is 5.10 Å². The van der Waals surface area contributed by atoms with Crippen molar-refractivity contribution in [3.63, 3.8) is 0 Å². The van der Waals surface area contributed by atoms with Crippen molar-refractivity contribution in [2.24, 2.45) is 5.92 Å². The van der Waals surface area contributed by atoms with Gasteiger partial charge in [0, 0.05) is 19.2 Å². The van der Waals surface area contributed by atoms with Crippen LogP contribution in [0, 0.1) is 12.8 Å². The molecule has 0 atom stereocenters. The first-order valence-corrected chi connectivity index (χ1v) is 8.70. The molecule has 0 saturated heterocycles. The number of aromatic nitrogens is 2. The van der Waals surface area contributed by atoms with Crippen LogP contribution in [0.2, 0.25) is 0 Å². The summed E-state index contributed by atoms with van der Waals surface area (Å²) in [5.41, 5.74) is 2.27. The largest absolute Gasteiger partial charge is 0.439 e. The fourth-order valence-electron chi connectivity index (χ4n) is 3.29. The molecule has 0 radical (unpaired) electrons. The van der Waals surface area contributed by atoms with Crippen LogP contribution in [-0.4, -0.2) is 16.8 Å². The summed E-state index contributed by atoms with van der Waals surface area (Å²) in [6, 6.07) is 10.2. The number of aryl methyl sites for hydroxylation is 2. The topological polar surface area (TPSA) is 39.1 Å². The Morgan fingerprint density at radius 3 is 2.58 bits per heavy atom. The van der Waals surface area contributed by atoms with Gasteiger partial charge in [-0.3, -0.25) is 0 Å². The molecule has 0 spiro atoms. The number of benzene rings is 1. The average molecular weight is 350 g/mol. The maximum Gasteiger partial charge on any atom is 0.218 e. The molecule has 1 aliphatic carbocycles. The highest BCUT2D eigenvalue weighted by Gasteiger charge is 2.17. The lowest BCUT2D eigenvalue weighted by molar-refractivity contribution is 0.377. The fourth-order valence-corrected chi connectivity index (χ4v) is 3.29. The molecule has 2 aromatic rings. The van der Waals surface area contributed by atoms with E-state index in [4.69, 9.17) is 9.84 Å². The van der Waals surface area contributed by atoms with E-state index in [1.54, 1.807) is 0 Å². The molecule has 4 nitrogen and oxygen atoms in total. The van der Waals surface area contributed by atoms with Crippen LogP contribution in [0.25, 0.3) is 0 Å². The minimum absolute atomic E-state index is 0. The summed E-state index contributed by atoms with van der Waals surface area (Å²) in [6.07, 6.45) is 6.73. The summed E-state index contributed by atoms with van der Waals surface area (Å²) in [5.74, 6) is 2.57. The lowest BCUT2D eigenvalue weighted by Crippen LogP contribution is -2.09. The third-order valence-corrected chi connectivity index (χ3v) is 4.62. The van der Waals surface area contributed by atoms with Crippen molar-refractivity contribution in [1.29, 1.82) is 0 Å². The van der Waals surface area contributed by atoms with Crippen LogP contribution in [0.1, 0.15) is 43.4 Å². The van der Waals surface area contributed by atoms with Crippen molar-refractivity contribution in [1.82, 2.24) is 15.1 Å². The van der Waals surface area contributed by atoms with E-state index in [0.717, 1.165) is 36.3 Å². The van der Waals surface area contributed by atoms with Crippen LogP contribution in [0.15, 0.2) is 30.3 Å². The Balaban J connectivity index is 0.00000208. The van der Waals surface area contributed by atoms with Gasteiger partial charge in [-0.15, -0.1) is 12.4 Å². The minimum atomic E-state index is 0. The van der Waals surface area contributed by atoms with E-state index in [2.05, 4.69) is 24.4 Å². The van der Waals surface area contributed by atoms with Crippen LogP contribution in [0.5, 0.6) is 11.6 Å². The van der Waals surface area contributed by atoms with Gasteiger partial charge in [0.2, 0.25) is 5.88 Å². The molecule has 1 aliphatic rings. The van der Waals surface area contributed by atoms with E-state index >= 15 is 0 Å². The van der Waals surface area contributed by atoms with E-state index in [9.17, 15) is 0 Å². The lowest BCUT2D eigenvalue weighted by Gasteiger charge is -2.12. The van der Waals surface area contributed by atoms with Crippen molar-refractivity contribution in [2.75, 3.05) is 7.05 Å². The molecule has 1 fully saturated rings. The first-order chi connectivity index (χ1) is 11.2. The zero-order valence-corrected chi connectivity index (χ0v) is 15.4. The van der Waals surface area contributed by atoms with Crippen LogP contribution in [0.3, 0.4) is 0 Å². The number of nitrogens with zero attached hydrogens (tertiary/aromatic N) is 2. The van der Waals surface area contributed by atoms with E-state index in [1.165, 1.54) is 37.7 Å². The van der Waals surface area contributed by atoms with Gasteiger partial charge >= 0.3 is 0 Å². The maximum absolute atomic E-state index is 6.08. The van der Waals surface area contributed by atoms with Crippen LogP contribution in [0.4, 0.5) is 0 Å². The molecule has 1 aromatic carbocycles. The predicted octanol–water partition coefficient (Wildman–Crippen LogP) is 4.71. The van der Waals surface area contributed by atoms with Gasteiger partial charge in [0.15, 0.2) is 0 Å². The van der Waals surface area contributed by atoms with Gasteiger partial charge < -0.3 is 10.1 Å². The minimum Gasteiger partial charge on any atom is -0.439 e. The quantitative estimate of drug-likeness (QED) is 0.787. The summed E-state index contributed by atoms with van der Waals surface area (Å²) < 4.78 is 8.11. The molecule has 0 bridgehead atoms. The standard InChI is InChI=1S/C19H27N3O.ClH/c1-15-7-9-18(10-8-15)23-19-13-17(14-20-2)21-22(19)12-11-16-5-3-4-6-16;/h7-10,13,16,20H,3-6,11-12,14H2,1-2H3;1H. The van der Waals surface area contributed by atoms with Gasteiger partial charge in [-0.05, 0) is 38.4 Å². The highest BCUT2D eigenvalue weighted by Crippen LogP contribution is 2.29. The molecule has 1 aromatic heterocycles. The van der Waals surface area contributed by atoms with Gasteiger partial charge in [-0.25, -0.2) is 4.68 Å². The molecule has 0 amide bonds. The number of hydrogen-bond acceptors (Lipinski definition) is 3. The van der Waals surface area contributed by atoms with Crippen LogP contribution < -0.4 is 10.1 Å². The number of nitrogens with one attached hydrogen (secondary N) is 1. The Morgan fingerprint density at radius 2 is 1.92 bits per heavy atom. The molecule has 132 valence electrons. The van der Waals surface area contributed by atoms with Crippen molar-refractivity contribution in [3.05, 3.63) is 41.6 Å². The Bertz CT molecular complexity index is 618. The molecule has 5 heteroatoms. The Hall–Kier alpha value is -1.52. The summed E-state index contributed by atoms with van der Waals surface area (Å²) >= 11 is 0. The molecule has 1 saturated carbocycles. The zero-order valence-electron chi connectivity index (χ0n) is 14.6. The smallest absolute Gasteiger partial charge is 0.218 e. The molecule has 24 heavy (non-hydrogen) atoms. The highest BCUT2D eigenvalue weighted by molar-refractivity contribution is 5.85. The lowest BCUT2D eigenvalue weighted by atomic mass is 10.0. The first kappa shape index (κ1) is 18.8. The monoisotopic (exact) mass is 349 g/mol. The van der Waals surface area contributed by atoms with Crippen LogP contribution in [-0.2, 0) is 13.1 Å². The highest BCUT2D eigenvalue weighted by atomic mass is 35.5. The predicted molar refractivity (Wildman–Crippen MR) is 100 cm³/mol. The van der Waals surface area contributed by atoms with E-state index in [0.29, 0.717) is 0 Å². The summed E-state index contributed by atoms with van der Waals surface area (Å²) in [7, 11) is 1.94. The van der Waals surface area contributed by atoms with E-state index in [1.807, 2.05) is 29.9 Å². The number of hydrogen-bond donors (Lipinski definition) is 1. The second-order valence-electron chi connectivity index (χ2n) is 6.58. The third kappa shape index (κ3) is 4.99. The Labute approximate surface area is 151 Å². The molecule has 0 aliphatic heterocycles. The van der Waals surface area contributed by atoms with Gasteiger partial charge in [-0.1, -0.05) is 43.4 Å².